The summed E-state index contributed by atoms with van der Waals surface area (Å²) in [5.41, 5.74) is 1.46. The number of anilines is 1. The first kappa shape index (κ1) is 21.4. The van der Waals surface area contributed by atoms with Crippen molar-refractivity contribution in [3.63, 3.8) is 0 Å². The van der Waals surface area contributed by atoms with E-state index in [2.05, 4.69) is 0 Å². The summed E-state index contributed by atoms with van der Waals surface area (Å²) in [5, 5.41) is 0. The fourth-order valence-electron chi connectivity index (χ4n) is 3.02. The monoisotopic (exact) mass is 425 g/mol. The summed E-state index contributed by atoms with van der Waals surface area (Å²) in [4.78, 5) is 13.5. The average molecular weight is 426 g/mol. The Morgan fingerprint density at radius 3 is 2.07 bits per heavy atom. The summed E-state index contributed by atoms with van der Waals surface area (Å²) in [6.45, 7) is 2.00. The van der Waals surface area contributed by atoms with Crippen LogP contribution in [-0.2, 0) is 16.4 Å². The van der Waals surface area contributed by atoms with E-state index in [9.17, 15) is 13.2 Å². The number of rotatable bonds is 7. The zero-order chi connectivity index (χ0) is 21.7. The molecular weight excluding hydrogens is 402 g/mol. The van der Waals surface area contributed by atoms with Gasteiger partial charge in [-0.25, -0.2) is 8.42 Å². The molecule has 3 rings (SSSR count). The summed E-state index contributed by atoms with van der Waals surface area (Å²) in [6, 6.07) is 19.3. The fraction of sp³-hybridized carbons (Fsp3) is 0.174. The van der Waals surface area contributed by atoms with Crippen LogP contribution in [0.3, 0.4) is 0 Å². The third-order valence-electron chi connectivity index (χ3n) is 4.68. The standard InChI is InChI=1S/C23H23NO5S/c1-4-17-10-13-19(14-11-17)24(30(26,27)20-8-6-5-7-9-20)23(25)18-12-15-21(28-2)22(16-18)29-3/h5-16H,4H2,1-3H3. The molecule has 3 aromatic carbocycles. The Hall–Kier alpha value is -3.32. The first-order valence-corrected chi connectivity index (χ1v) is 10.8. The van der Waals surface area contributed by atoms with Gasteiger partial charge < -0.3 is 9.47 Å². The lowest BCUT2D eigenvalue weighted by Crippen LogP contribution is -2.37. The third kappa shape index (κ3) is 4.16. The highest BCUT2D eigenvalue weighted by molar-refractivity contribution is 7.93. The molecule has 0 aliphatic heterocycles. The number of benzene rings is 3. The number of amides is 1. The van der Waals surface area contributed by atoms with Crippen LogP contribution in [0.1, 0.15) is 22.8 Å². The van der Waals surface area contributed by atoms with Gasteiger partial charge in [-0.3, -0.25) is 4.79 Å². The smallest absolute Gasteiger partial charge is 0.272 e. The molecule has 30 heavy (non-hydrogen) atoms. The number of methoxy groups -OCH3 is 2. The van der Waals surface area contributed by atoms with Crippen LogP contribution in [0.15, 0.2) is 77.7 Å². The third-order valence-corrected chi connectivity index (χ3v) is 6.40. The van der Waals surface area contributed by atoms with Crippen LogP contribution in [0.2, 0.25) is 0 Å². The maximum Gasteiger partial charge on any atom is 0.272 e. The molecule has 0 N–H and O–H groups in total. The number of ether oxygens (including phenoxy) is 2. The van der Waals surface area contributed by atoms with Crippen molar-refractivity contribution in [1.29, 1.82) is 0 Å². The summed E-state index contributed by atoms with van der Waals surface area (Å²) in [6.07, 6.45) is 0.801. The molecule has 0 atom stereocenters. The summed E-state index contributed by atoms with van der Waals surface area (Å²) < 4.78 is 38.2. The van der Waals surface area contributed by atoms with E-state index in [4.69, 9.17) is 9.47 Å². The fourth-order valence-corrected chi connectivity index (χ4v) is 4.45. The minimum absolute atomic E-state index is 0.0263. The van der Waals surface area contributed by atoms with Crippen molar-refractivity contribution in [1.82, 2.24) is 0 Å². The molecule has 3 aromatic rings. The van der Waals surface area contributed by atoms with E-state index < -0.39 is 15.9 Å². The van der Waals surface area contributed by atoms with Crippen LogP contribution in [0.4, 0.5) is 5.69 Å². The lowest BCUT2D eigenvalue weighted by molar-refractivity contribution is 0.100. The molecule has 0 saturated carbocycles. The van der Waals surface area contributed by atoms with Gasteiger partial charge in [0.25, 0.3) is 15.9 Å². The van der Waals surface area contributed by atoms with E-state index >= 15 is 0 Å². The Kier molecular flexibility index (Phi) is 6.42. The highest BCUT2D eigenvalue weighted by Crippen LogP contribution is 2.31. The number of aryl methyl sites for hydroxylation is 1. The van der Waals surface area contributed by atoms with E-state index in [1.165, 1.54) is 38.5 Å². The van der Waals surface area contributed by atoms with Crippen molar-refractivity contribution in [2.75, 3.05) is 18.5 Å². The van der Waals surface area contributed by atoms with Crippen molar-refractivity contribution in [2.45, 2.75) is 18.2 Å². The Bertz CT molecular complexity index is 1130. The van der Waals surface area contributed by atoms with Gasteiger partial charge in [0.05, 0.1) is 24.8 Å². The molecule has 0 aromatic heterocycles. The molecule has 156 valence electrons. The maximum absolute atomic E-state index is 13.4. The highest BCUT2D eigenvalue weighted by Gasteiger charge is 2.32. The van der Waals surface area contributed by atoms with E-state index in [0.29, 0.717) is 11.5 Å². The molecule has 0 aliphatic rings. The summed E-state index contributed by atoms with van der Waals surface area (Å²) in [7, 11) is -1.21. The van der Waals surface area contributed by atoms with Crippen LogP contribution in [0.25, 0.3) is 0 Å². The number of sulfonamides is 1. The largest absolute Gasteiger partial charge is 0.493 e. The molecule has 0 saturated heterocycles. The Morgan fingerprint density at radius 1 is 0.867 bits per heavy atom. The van der Waals surface area contributed by atoms with Gasteiger partial charge in [0.2, 0.25) is 0 Å². The minimum Gasteiger partial charge on any atom is -0.493 e. The molecule has 0 spiro atoms. The molecule has 0 aliphatic carbocycles. The zero-order valence-electron chi connectivity index (χ0n) is 17.0. The topological polar surface area (TPSA) is 72.9 Å². The number of nitrogens with zero attached hydrogens (tertiary/aromatic N) is 1. The van der Waals surface area contributed by atoms with Gasteiger partial charge in [-0.15, -0.1) is 0 Å². The van der Waals surface area contributed by atoms with Crippen LogP contribution in [0.5, 0.6) is 11.5 Å². The Morgan fingerprint density at radius 2 is 1.50 bits per heavy atom. The number of carbonyl (C=O) groups is 1. The molecule has 0 radical (unpaired) electrons. The second-order valence-corrected chi connectivity index (χ2v) is 8.26. The zero-order valence-corrected chi connectivity index (χ0v) is 17.8. The number of carbonyl (C=O) groups excluding carboxylic acids is 1. The van der Waals surface area contributed by atoms with Crippen molar-refractivity contribution in [2.24, 2.45) is 0 Å². The quantitative estimate of drug-likeness (QED) is 0.564. The van der Waals surface area contributed by atoms with Crippen molar-refractivity contribution < 1.29 is 22.7 Å². The van der Waals surface area contributed by atoms with E-state index in [1.54, 1.807) is 36.4 Å². The average Bonchev–Trinajstić information content (AvgIpc) is 2.79. The predicted octanol–water partition coefficient (Wildman–Crippen LogP) is 4.30. The van der Waals surface area contributed by atoms with Crippen LogP contribution in [0, 0.1) is 0 Å². The Labute approximate surface area is 176 Å². The molecular formula is C23H23NO5S. The SMILES string of the molecule is CCc1ccc(N(C(=O)c2ccc(OC)c(OC)c2)S(=O)(=O)c2ccccc2)cc1. The van der Waals surface area contributed by atoms with Gasteiger partial charge in [-0.2, -0.15) is 4.31 Å². The van der Waals surface area contributed by atoms with Crippen molar-refractivity contribution >= 4 is 21.6 Å². The number of hydrogen-bond acceptors (Lipinski definition) is 5. The van der Waals surface area contributed by atoms with E-state index in [0.717, 1.165) is 16.3 Å². The summed E-state index contributed by atoms with van der Waals surface area (Å²) >= 11 is 0. The van der Waals surface area contributed by atoms with Crippen LogP contribution in [-0.4, -0.2) is 28.5 Å². The lowest BCUT2D eigenvalue weighted by Gasteiger charge is -2.23. The van der Waals surface area contributed by atoms with Crippen LogP contribution < -0.4 is 13.8 Å². The highest BCUT2D eigenvalue weighted by atomic mass is 32.2. The summed E-state index contributed by atoms with van der Waals surface area (Å²) in [5.74, 6) is 0.0876. The predicted molar refractivity (Wildman–Crippen MR) is 116 cm³/mol. The molecule has 6 nitrogen and oxygen atoms in total. The minimum atomic E-state index is -4.14. The van der Waals surface area contributed by atoms with Gasteiger partial charge in [0.15, 0.2) is 11.5 Å². The van der Waals surface area contributed by atoms with Gasteiger partial charge in [-0.1, -0.05) is 37.3 Å². The Balaban J connectivity index is 2.15. The number of hydrogen-bond donors (Lipinski definition) is 0. The first-order valence-electron chi connectivity index (χ1n) is 9.38. The maximum atomic E-state index is 13.4. The van der Waals surface area contributed by atoms with E-state index in [1.807, 2.05) is 19.1 Å². The van der Waals surface area contributed by atoms with Gasteiger partial charge >= 0.3 is 0 Å². The molecule has 0 heterocycles. The van der Waals surface area contributed by atoms with Crippen LogP contribution >= 0.6 is 0 Å². The van der Waals surface area contributed by atoms with E-state index in [-0.39, 0.29) is 16.1 Å². The molecule has 7 heteroatoms. The molecule has 0 fully saturated rings. The normalized spacial score (nSPS) is 11.0. The second-order valence-electron chi connectivity index (χ2n) is 6.48. The van der Waals surface area contributed by atoms with Gasteiger partial charge in [0.1, 0.15) is 0 Å². The second kappa shape index (κ2) is 9.00. The van der Waals surface area contributed by atoms with Crippen molar-refractivity contribution in [3.8, 4) is 11.5 Å². The molecule has 0 bridgehead atoms. The molecule has 0 unspecified atom stereocenters. The van der Waals surface area contributed by atoms with Gasteiger partial charge in [-0.05, 0) is 54.4 Å². The first-order chi connectivity index (χ1) is 14.4. The van der Waals surface area contributed by atoms with Crippen molar-refractivity contribution in [3.05, 3.63) is 83.9 Å². The lowest BCUT2D eigenvalue weighted by atomic mass is 10.1. The van der Waals surface area contributed by atoms with Gasteiger partial charge in [0, 0.05) is 5.56 Å². The molecule has 1 amide bonds.